The molecular weight excluding hydrogens is 318 g/mol. The van der Waals surface area contributed by atoms with E-state index < -0.39 is 0 Å². The number of thiazole rings is 1. The monoisotopic (exact) mass is 335 g/mol. The summed E-state index contributed by atoms with van der Waals surface area (Å²) < 4.78 is 0. The predicted octanol–water partition coefficient (Wildman–Crippen LogP) is 3.81. The summed E-state index contributed by atoms with van der Waals surface area (Å²) in [5.74, 6) is -0.174. The van der Waals surface area contributed by atoms with Crippen molar-refractivity contribution in [3.63, 3.8) is 0 Å². The van der Waals surface area contributed by atoms with Gasteiger partial charge < -0.3 is 0 Å². The summed E-state index contributed by atoms with van der Waals surface area (Å²) in [6, 6.07) is 17.8. The Labute approximate surface area is 144 Å². The lowest BCUT2D eigenvalue weighted by molar-refractivity contribution is -0.120. The van der Waals surface area contributed by atoms with Gasteiger partial charge in [0.25, 0.3) is 0 Å². The van der Waals surface area contributed by atoms with Crippen LogP contribution in [0.3, 0.4) is 0 Å². The molecule has 5 heteroatoms. The van der Waals surface area contributed by atoms with E-state index in [-0.39, 0.29) is 12.3 Å². The van der Waals surface area contributed by atoms with E-state index in [0.717, 1.165) is 21.8 Å². The highest BCUT2D eigenvalue weighted by molar-refractivity contribution is 7.10. The van der Waals surface area contributed by atoms with E-state index in [0.29, 0.717) is 0 Å². The van der Waals surface area contributed by atoms with Crippen molar-refractivity contribution in [1.29, 1.82) is 0 Å². The molecule has 1 amide bonds. The largest absolute Gasteiger partial charge is 0.273 e. The van der Waals surface area contributed by atoms with Gasteiger partial charge in [0.15, 0.2) is 0 Å². The molecule has 0 saturated carbocycles. The van der Waals surface area contributed by atoms with Gasteiger partial charge in [-0.05, 0) is 12.5 Å². The van der Waals surface area contributed by atoms with Gasteiger partial charge in [-0.25, -0.2) is 10.4 Å². The van der Waals surface area contributed by atoms with Gasteiger partial charge in [-0.1, -0.05) is 60.2 Å². The summed E-state index contributed by atoms with van der Waals surface area (Å²) in [5.41, 5.74) is 6.62. The van der Waals surface area contributed by atoms with Gasteiger partial charge in [-0.3, -0.25) is 4.79 Å². The van der Waals surface area contributed by atoms with Crippen LogP contribution in [0.1, 0.15) is 16.1 Å². The van der Waals surface area contributed by atoms with E-state index in [1.54, 1.807) is 6.21 Å². The van der Waals surface area contributed by atoms with Gasteiger partial charge in [0, 0.05) is 10.9 Å². The summed E-state index contributed by atoms with van der Waals surface area (Å²) in [5, 5.41) is 6.73. The van der Waals surface area contributed by atoms with Crippen LogP contribution in [0.2, 0.25) is 0 Å². The summed E-state index contributed by atoms with van der Waals surface area (Å²) in [7, 11) is 0. The molecule has 0 aliphatic rings. The van der Waals surface area contributed by atoms with Gasteiger partial charge in [0.2, 0.25) is 5.91 Å². The molecule has 1 N–H and O–H groups in total. The summed E-state index contributed by atoms with van der Waals surface area (Å²) in [6.45, 7) is 2.03. The summed E-state index contributed by atoms with van der Waals surface area (Å²) in [6.07, 6.45) is 1.86. The van der Waals surface area contributed by atoms with E-state index in [2.05, 4.69) is 15.5 Å². The zero-order chi connectivity index (χ0) is 16.8. The minimum absolute atomic E-state index is 0.174. The van der Waals surface area contributed by atoms with E-state index in [1.807, 2.05) is 66.9 Å². The van der Waals surface area contributed by atoms with Crippen LogP contribution in [0.15, 0.2) is 65.1 Å². The molecule has 3 rings (SSSR count). The maximum atomic E-state index is 11.9. The van der Waals surface area contributed by atoms with Crippen molar-refractivity contribution in [3.05, 3.63) is 76.1 Å². The first-order chi connectivity index (χ1) is 11.7. The molecule has 0 unspecified atom stereocenters. The number of carbonyl (C=O) groups excluding carboxylic acids is 1. The highest BCUT2D eigenvalue weighted by Gasteiger charge is 2.08. The molecule has 0 fully saturated rings. The van der Waals surface area contributed by atoms with Crippen LogP contribution in [0.4, 0.5) is 0 Å². The quantitative estimate of drug-likeness (QED) is 0.569. The first kappa shape index (κ1) is 16.1. The fraction of sp³-hybridized carbons (Fsp3) is 0.105. The zero-order valence-electron chi connectivity index (χ0n) is 13.3. The number of amides is 1. The van der Waals surface area contributed by atoms with Crippen LogP contribution in [0.5, 0.6) is 0 Å². The van der Waals surface area contributed by atoms with Gasteiger partial charge in [0.1, 0.15) is 5.01 Å². The lowest BCUT2D eigenvalue weighted by atomic mass is 10.2. The molecule has 1 aromatic heterocycles. The third kappa shape index (κ3) is 4.36. The van der Waals surface area contributed by atoms with Gasteiger partial charge >= 0.3 is 0 Å². The van der Waals surface area contributed by atoms with Gasteiger partial charge in [-0.2, -0.15) is 5.10 Å². The van der Waals surface area contributed by atoms with E-state index in [9.17, 15) is 4.79 Å². The van der Waals surface area contributed by atoms with Gasteiger partial charge in [-0.15, -0.1) is 11.3 Å². The maximum Gasteiger partial charge on any atom is 0.246 e. The van der Waals surface area contributed by atoms with E-state index in [1.165, 1.54) is 16.9 Å². The molecule has 1 heterocycles. The minimum atomic E-state index is -0.174. The highest BCUT2D eigenvalue weighted by atomic mass is 32.1. The number of rotatable bonds is 5. The van der Waals surface area contributed by atoms with Crippen molar-refractivity contribution in [2.45, 2.75) is 13.3 Å². The lowest BCUT2D eigenvalue weighted by Gasteiger charge is -1.98. The van der Waals surface area contributed by atoms with Crippen LogP contribution in [0.25, 0.3) is 11.3 Å². The molecule has 0 aliphatic carbocycles. The van der Waals surface area contributed by atoms with Crippen LogP contribution in [-0.2, 0) is 11.2 Å². The van der Waals surface area contributed by atoms with Crippen LogP contribution in [0, 0.1) is 6.92 Å². The second-order valence-corrected chi connectivity index (χ2v) is 6.32. The van der Waals surface area contributed by atoms with Crippen molar-refractivity contribution in [3.8, 4) is 11.3 Å². The third-order valence-corrected chi connectivity index (χ3v) is 4.26. The Morgan fingerprint density at radius 2 is 1.92 bits per heavy atom. The standard InChI is InChI=1S/C19H17N3OS/c1-14-7-9-15(10-8-14)12-20-22-18(23)11-19-21-17(13-24-19)16-5-3-2-4-6-16/h2-10,12-13H,11H2,1H3,(H,22,23)/b20-12-. The highest BCUT2D eigenvalue weighted by Crippen LogP contribution is 2.21. The molecule has 0 bridgehead atoms. The molecule has 24 heavy (non-hydrogen) atoms. The fourth-order valence-electron chi connectivity index (χ4n) is 2.14. The number of benzene rings is 2. The van der Waals surface area contributed by atoms with Gasteiger partial charge in [0.05, 0.1) is 18.3 Å². The van der Waals surface area contributed by atoms with Crippen molar-refractivity contribution >= 4 is 23.5 Å². The summed E-state index contributed by atoms with van der Waals surface area (Å²) in [4.78, 5) is 16.4. The van der Waals surface area contributed by atoms with Crippen LogP contribution >= 0.6 is 11.3 Å². The topological polar surface area (TPSA) is 54.4 Å². The average Bonchev–Trinajstić information content (AvgIpc) is 3.06. The van der Waals surface area contributed by atoms with Crippen molar-refractivity contribution in [2.75, 3.05) is 0 Å². The molecule has 4 nitrogen and oxygen atoms in total. The number of hydrogen-bond donors (Lipinski definition) is 1. The Morgan fingerprint density at radius 3 is 2.67 bits per heavy atom. The van der Waals surface area contributed by atoms with Crippen LogP contribution < -0.4 is 5.43 Å². The second-order valence-electron chi connectivity index (χ2n) is 5.37. The Kier molecular flexibility index (Phi) is 5.13. The molecule has 0 radical (unpaired) electrons. The first-order valence-corrected chi connectivity index (χ1v) is 8.47. The van der Waals surface area contributed by atoms with E-state index in [4.69, 9.17) is 0 Å². The molecule has 0 spiro atoms. The number of nitrogens with zero attached hydrogens (tertiary/aromatic N) is 2. The zero-order valence-corrected chi connectivity index (χ0v) is 14.1. The maximum absolute atomic E-state index is 11.9. The first-order valence-electron chi connectivity index (χ1n) is 7.59. The number of aryl methyl sites for hydroxylation is 1. The molecule has 0 aliphatic heterocycles. The number of hydrazone groups is 1. The Balaban J connectivity index is 1.55. The smallest absolute Gasteiger partial charge is 0.246 e. The predicted molar refractivity (Wildman–Crippen MR) is 98.2 cm³/mol. The molecule has 3 aromatic rings. The summed E-state index contributed by atoms with van der Waals surface area (Å²) >= 11 is 1.48. The Bertz CT molecular complexity index is 839. The molecular formula is C19H17N3OS. The third-order valence-electron chi connectivity index (χ3n) is 3.41. The van der Waals surface area contributed by atoms with Crippen molar-refractivity contribution in [2.24, 2.45) is 5.10 Å². The second kappa shape index (κ2) is 7.66. The normalized spacial score (nSPS) is 10.9. The molecule has 2 aromatic carbocycles. The Hall–Kier alpha value is -2.79. The van der Waals surface area contributed by atoms with Crippen LogP contribution in [-0.4, -0.2) is 17.1 Å². The average molecular weight is 335 g/mol. The van der Waals surface area contributed by atoms with E-state index >= 15 is 0 Å². The number of aromatic nitrogens is 1. The number of carbonyl (C=O) groups is 1. The molecule has 120 valence electrons. The minimum Gasteiger partial charge on any atom is -0.273 e. The lowest BCUT2D eigenvalue weighted by Crippen LogP contribution is -2.19. The Morgan fingerprint density at radius 1 is 1.17 bits per heavy atom. The molecule has 0 atom stereocenters. The molecule has 0 saturated heterocycles. The fourth-order valence-corrected chi connectivity index (χ4v) is 2.94. The SMILES string of the molecule is Cc1ccc(/C=N\NC(=O)Cc2nc(-c3ccccc3)cs2)cc1. The number of hydrogen-bond acceptors (Lipinski definition) is 4. The van der Waals surface area contributed by atoms with Crippen molar-refractivity contribution < 1.29 is 4.79 Å². The van der Waals surface area contributed by atoms with Crippen molar-refractivity contribution in [1.82, 2.24) is 10.4 Å². The number of nitrogens with one attached hydrogen (secondary N) is 1.